The van der Waals surface area contributed by atoms with Gasteiger partial charge in [0.1, 0.15) is 22.8 Å². The summed E-state index contributed by atoms with van der Waals surface area (Å²) in [7, 11) is 3.60. The van der Waals surface area contributed by atoms with Crippen molar-refractivity contribution < 1.29 is 39.9 Å². The molecule has 1 aromatic carbocycles. The lowest BCUT2D eigenvalue weighted by molar-refractivity contribution is -0.147. The van der Waals surface area contributed by atoms with Crippen molar-refractivity contribution in [2.75, 3.05) is 30.9 Å². The van der Waals surface area contributed by atoms with E-state index in [2.05, 4.69) is 11.9 Å². The highest BCUT2D eigenvalue weighted by Crippen LogP contribution is 2.54. The number of aliphatic hydroxyl groups is 4. The number of amides is 1. The maximum Gasteiger partial charge on any atom is 0.255 e. The zero-order valence-electron chi connectivity index (χ0n) is 24.2. The molecule has 8 N–H and O–H groups in total. The van der Waals surface area contributed by atoms with Gasteiger partial charge in [0.2, 0.25) is 5.78 Å². The van der Waals surface area contributed by atoms with Crippen molar-refractivity contribution in [2.24, 2.45) is 17.6 Å². The molecular weight excluding hydrogens is 542 g/mol. The molecule has 0 heterocycles. The number of ketones is 2. The summed E-state index contributed by atoms with van der Waals surface area (Å²) < 4.78 is 0. The molecule has 3 aliphatic rings. The number of phenolic OH excluding ortho intramolecular Hbond substituents is 1. The van der Waals surface area contributed by atoms with Crippen LogP contribution in [0.2, 0.25) is 0 Å². The second kappa shape index (κ2) is 12.2. The predicted molar refractivity (Wildman–Crippen MR) is 158 cm³/mol. The fourth-order valence-electron chi connectivity index (χ4n) is 6.56. The van der Waals surface area contributed by atoms with Gasteiger partial charge in [-0.05, 0) is 49.7 Å². The number of aromatic hydroxyl groups is 1. The summed E-state index contributed by atoms with van der Waals surface area (Å²) in [6, 6.07) is 1.72. The maximum absolute atomic E-state index is 13.8. The summed E-state index contributed by atoms with van der Waals surface area (Å²) in [6.07, 6.45) is 6.63. The van der Waals surface area contributed by atoms with E-state index in [-0.39, 0.29) is 48.4 Å². The van der Waals surface area contributed by atoms with Crippen LogP contribution in [0.15, 0.2) is 35.6 Å². The lowest BCUT2D eigenvalue weighted by atomic mass is 9.59. The normalized spacial score (nSPS) is 24.1. The first-order valence-electron chi connectivity index (χ1n) is 14.4. The molecule has 228 valence electrons. The molecule has 1 aromatic rings. The smallest absolute Gasteiger partial charge is 0.255 e. The fourth-order valence-corrected chi connectivity index (χ4v) is 6.56. The van der Waals surface area contributed by atoms with Crippen molar-refractivity contribution in [1.82, 2.24) is 0 Å². The first-order valence-corrected chi connectivity index (χ1v) is 14.4. The van der Waals surface area contributed by atoms with Crippen LogP contribution in [-0.4, -0.2) is 75.4 Å². The molecule has 0 aliphatic heterocycles. The van der Waals surface area contributed by atoms with Gasteiger partial charge < -0.3 is 41.5 Å². The van der Waals surface area contributed by atoms with Crippen molar-refractivity contribution in [2.45, 2.75) is 69.5 Å². The highest BCUT2D eigenvalue weighted by molar-refractivity contribution is 6.22. The van der Waals surface area contributed by atoms with E-state index in [4.69, 9.17) is 5.73 Å². The lowest BCUT2D eigenvalue weighted by Crippen LogP contribution is -2.58. The Hall–Kier alpha value is -3.83. The molecule has 4 atom stereocenters. The van der Waals surface area contributed by atoms with Crippen molar-refractivity contribution in [3.05, 3.63) is 46.8 Å². The molecule has 0 radical (unpaired) electrons. The number of unbranched alkanes of at least 4 members (excludes halogenated alkanes) is 4. The third-order valence-corrected chi connectivity index (χ3v) is 8.75. The average molecular weight is 584 g/mol. The summed E-state index contributed by atoms with van der Waals surface area (Å²) in [5.74, 6) is -6.67. The molecule has 0 saturated heterocycles. The Morgan fingerprint density at radius 2 is 1.88 bits per heavy atom. The predicted octanol–water partition coefficient (Wildman–Crippen LogP) is 2.79. The summed E-state index contributed by atoms with van der Waals surface area (Å²) in [5, 5.41) is 58.5. The van der Waals surface area contributed by atoms with E-state index in [0.717, 1.165) is 32.1 Å². The van der Waals surface area contributed by atoms with Gasteiger partial charge in [0.25, 0.3) is 5.91 Å². The number of nitrogens with two attached hydrogens (primary N) is 1. The molecule has 0 spiro atoms. The SMILES string of the molecule is C=CCCCCCCC(O)CNc1cc(N(C)C)c2c(c1O)C(O)=C1C(=O)C3(O)C(O)=C(C(N)=O)C(=O)CC3CC1C2. The van der Waals surface area contributed by atoms with Crippen LogP contribution >= 0.6 is 0 Å². The van der Waals surface area contributed by atoms with E-state index in [1.807, 2.05) is 6.08 Å². The Kier molecular flexibility index (Phi) is 9.03. The number of phenols is 1. The van der Waals surface area contributed by atoms with Crippen LogP contribution in [0.5, 0.6) is 5.75 Å². The van der Waals surface area contributed by atoms with E-state index in [9.17, 15) is 39.9 Å². The zero-order valence-corrected chi connectivity index (χ0v) is 24.2. The van der Waals surface area contributed by atoms with Crippen molar-refractivity contribution in [3.8, 4) is 5.75 Å². The maximum atomic E-state index is 13.8. The number of hydrogen-bond donors (Lipinski definition) is 7. The summed E-state index contributed by atoms with van der Waals surface area (Å²) in [5.41, 5.74) is 3.12. The quantitative estimate of drug-likeness (QED) is 0.0832. The number of benzene rings is 1. The number of allylic oxidation sites excluding steroid dienone is 1. The zero-order chi connectivity index (χ0) is 30.9. The number of carbonyl (C=O) groups excluding carboxylic acids is 3. The van der Waals surface area contributed by atoms with E-state index in [1.54, 1.807) is 25.1 Å². The monoisotopic (exact) mass is 583 g/mol. The largest absolute Gasteiger partial charge is 0.508 e. The van der Waals surface area contributed by atoms with E-state index in [0.29, 0.717) is 17.7 Å². The van der Waals surface area contributed by atoms with Gasteiger partial charge in [0, 0.05) is 44.2 Å². The first-order chi connectivity index (χ1) is 19.8. The number of nitrogens with zero attached hydrogens (tertiary/aromatic N) is 1. The molecule has 11 heteroatoms. The number of hydrogen-bond acceptors (Lipinski definition) is 10. The van der Waals surface area contributed by atoms with Gasteiger partial charge in [-0.3, -0.25) is 14.4 Å². The van der Waals surface area contributed by atoms with Gasteiger partial charge in [0.05, 0.1) is 17.4 Å². The second-order valence-electron chi connectivity index (χ2n) is 11.8. The number of rotatable bonds is 12. The van der Waals surface area contributed by atoms with Crippen LogP contribution in [0.4, 0.5) is 11.4 Å². The highest BCUT2D eigenvalue weighted by Gasteiger charge is 2.60. The molecule has 4 unspecified atom stereocenters. The standard InChI is InChI=1S/C31H41N3O8/c1-4-5-6-7-8-9-10-18(35)15-33-20-14-21(34(2)3)19-12-16-11-17-13-22(36)25(30(32)41)29(40)31(17,42)28(39)23(16)27(38)24(19)26(20)37/h4,14,16-18,33,35,37-38,40,42H,1,5-13,15H2,2-3H3,(H2,32,41). The Balaban J connectivity index is 1.66. The summed E-state index contributed by atoms with van der Waals surface area (Å²) >= 11 is 0. The number of Topliss-reactive ketones (excluding diaryl/α,β-unsaturated/α-hetero) is 2. The summed E-state index contributed by atoms with van der Waals surface area (Å²) in [6.45, 7) is 3.86. The second-order valence-corrected chi connectivity index (χ2v) is 11.8. The molecule has 3 aliphatic carbocycles. The molecule has 0 aromatic heterocycles. The Bertz CT molecular complexity index is 1360. The van der Waals surface area contributed by atoms with Gasteiger partial charge in [-0.2, -0.15) is 0 Å². The van der Waals surface area contributed by atoms with E-state index >= 15 is 0 Å². The van der Waals surface area contributed by atoms with Gasteiger partial charge in [-0.25, -0.2) is 0 Å². The van der Waals surface area contributed by atoms with Gasteiger partial charge in [-0.1, -0.05) is 25.3 Å². The number of primary amides is 1. The van der Waals surface area contributed by atoms with Crippen LogP contribution in [0.1, 0.15) is 62.5 Å². The number of carbonyl (C=O) groups is 3. The number of aliphatic hydroxyl groups excluding tert-OH is 3. The van der Waals surface area contributed by atoms with Crippen LogP contribution in [0, 0.1) is 11.8 Å². The van der Waals surface area contributed by atoms with Gasteiger partial charge >= 0.3 is 0 Å². The minimum absolute atomic E-state index is 0.00698. The average Bonchev–Trinajstić information content (AvgIpc) is 2.91. The molecule has 0 bridgehead atoms. The molecule has 1 fully saturated rings. The Morgan fingerprint density at radius 1 is 1.19 bits per heavy atom. The van der Waals surface area contributed by atoms with Gasteiger partial charge in [-0.15, -0.1) is 6.58 Å². The third kappa shape index (κ3) is 5.38. The molecule has 1 amide bonds. The van der Waals surface area contributed by atoms with Crippen molar-refractivity contribution in [3.63, 3.8) is 0 Å². The molecule has 1 saturated carbocycles. The number of fused-ring (bicyclic) bond motifs is 3. The lowest BCUT2D eigenvalue weighted by Gasteiger charge is -2.46. The molecular formula is C31H41N3O8. The minimum Gasteiger partial charge on any atom is -0.508 e. The highest BCUT2D eigenvalue weighted by atomic mass is 16.3. The fraction of sp³-hybridized carbons (Fsp3) is 0.516. The van der Waals surface area contributed by atoms with Crippen LogP contribution in [-0.2, 0) is 20.8 Å². The number of anilines is 2. The topological polar surface area (TPSA) is 194 Å². The van der Waals surface area contributed by atoms with E-state index < -0.39 is 58.1 Å². The Morgan fingerprint density at radius 3 is 2.52 bits per heavy atom. The minimum atomic E-state index is -2.61. The third-order valence-electron chi connectivity index (χ3n) is 8.75. The first kappa shape index (κ1) is 31.1. The summed E-state index contributed by atoms with van der Waals surface area (Å²) in [4.78, 5) is 40.0. The molecule has 42 heavy (non-hydrogen) atoms. The van der Waals surface area contributed by atoms with E-state index in [1.165, 1.54) is 0 Å². The number of nitrogens with one attached hydrogen (secondary N) is 1. The van der Waals surface area contributed by atoms with Crippen LogP contribution < -0.4 is 16.0 Å². The molecule has 11 nitrogen and oxygen atoms in total. The van der Waals surface area contributed by atoms with Crippen LogP contribution in [0.25, 0.3) is 5.76 Å². The van der Waals surface area contributed by atoms with Crippen molar-refractivity contribution in [1.29, 1.82) is 0 Å². The van der Waals surface area contributed by atoms with Crippen molar-refractivity contribution >= 4 is 34.6 Å². The Labute approximate surface area is 245 Å². The van der Waals surface area contributed by atoms with Gasteiger partial charge in [0.15, 0.2) is 11.4 Å². The molecule has 4 rings (SSSR count). The van der Waals surface area contributed by atoms with Crippen LogP contribution in [0.3, 0.4) is 0 Å².